The maximum absolute atomic E-state index is 14.4. The molecule has 0 bridgehead atoms. The first-order valence-electron chi connectivity index (χ1n) is 11.0. The van der Waals surface area contributed by atoms with Crippen LogP contribution in [0.15, 0.2) is 60.7 Å². The molecule has 4 N–H and O–H groups in total. The van der Waals surface area contributed by atoms with Crippen LogP contribution in [-0.4, -0.2) is 52.5 Å². The zero-order valence-electron chi connectivity index (χ0n) is 19.1. The Labute approximate surface area is 207 Å². The van der Waals surface area contributed by atoms with Crippen molar-refractivity contribution < 1.29 is 36.6 Å². The third kappa shape index (κ3) is 7.27. The van der Waals surface area contributed by atoms with Gasteiger partial charge in [-0.25, -0.2) is 18.3 Å². The van der Waals surface area contributed by atoms with Crippen molar-refractivity contribution in [2.45, 2.75) is 25.1 Å². The average Bonchev–Trinajstić information content (AvgIpc) is 3.43. The van der Waals surface area contributed by atoms with Gasteiger partial charge in [0.2, 0.25) is 0 Å². The molecule has 1 saturated heterocycles. The quantitative estimate of drug-likeness (QED) is 0.194. The molecule has 0 spiro atoms. The summed E-state index contributed by atoms with van der Waals surface area (Å²) in [5.74, 6) is -1.02. The molecule has 1 aromatic heterocycles. The summed E-state index contributed by atoms with van der Waals surface area (Å²) in [6.45, 7) is -1.59. The molecule has 0 aliphatic carbocycles. The van der Waals surface area contributed by atoms with E-state index < -0.39 is 37.3 Å². The average molecular weight is 523 g/mol. The number of alkyl halides is 3. The number of nitrogens with one attached hydrogen (secondary N) is 3. The van der Waals surface area contributed by atoms with E-state index in [2.05, 4.69) is 25.8 Å². The first-order valence-corrected chi connectivity index (χ1v) is 11.0. The fraction of sp³-hybridized carbons (Fsp3) is 0.250. The van der Waals surface area contributed by atoms with Crippen LogP contribution in [0.4, 0.5) is 32.6 Å². The Kier molecular flexibility index (Phi) is 7.74. The van der Waals surface area contributed by atoms with E-state index in [4.69, 9.17) is 0 Å². The second-order valence-electron chi connectivity index (χ2n) is 8.19. The monoisotopic (exact) mass is 523 g/mol. The number of nitrogens with zero attached hydrogens (tertiary/aromatic N) is 2. The molecular weight excluding hydrogens is 501 g/mol. The largest absolute Gasteiger partial charge is 0.411 e. The minimum absolute atomic E-state index is 0.163. The van der Waals surface area contributed by atoms with Crippen molar-refractivity contribution in [2.24, 2.45) is 0 Å². The molecule has 4 rings (SSSR count). The van der Waals surface area contributed by atoms with Crippen molar-refractivity contribution >= 4 is 11.8 Å². The maximum atomic E-state index is 14.4. The van der Waals surface area contributed by atoms with Gasteiger partial charge >= 0.3 is 12.2 Å². The van der Waals surface area contributed by atoms with Crippen LogP contribution in [0, 0.1) is 11.6 Å². The minimum Gasteiger partial charge on any atom is -0.370 e. The molecule has 37 heavy (non-hydrogen) atoms. The Bertz CT molecular complexity index is 1280. The third-order valence-electron chi connectivity index (χ3n) is 5.19. The van der Waals surface area contributed by atoms with Gasteiger partial charge in [0, 0.05) is 18.2 Å². The Morgan fingerprint density at radius 2 is 1.92 bits per heavy atom. The number of halogens is 5. The Morgan fingerprint density at radius 1 is 1.16 bits per heavy atom. The Morgan fingerprint density at radius 3 is 2.59 bits per heavy atom. The second-order valence-corrected chi connectivity index (χ2v) is 8.19. The molecule has 2 aromatic carbocycles. The number of aliphatic hydroxyl groups is 1. The predicted octanol–water partition coefficient (Wildman–Crippen LogP) is 3.86. The van der Waals surface area contributed by atoms with Gasteiger partial charge in [-0.15, -0.1) is 5.10 Å². The number of carbonyl (C=O) groups excluding carboxylic acids is 1. The number of ether oxygens (including phenoxy) is 1. The van der Waals surface area contributed by atoms with Gasteiger partial charge in [-0.1, -0.05) is 6.08 Å². The van der Waals surface area contributed by atoms with Crippen LogP contribution in [0.1, 0.15) is 5.56 Å². The summed E-state index contributed by atoms with van der Waals surface area (Å²) in [6.07, 6.45) is -2.73. The molecule has 2 unspecified atom stereocenters. The van der Waals surface area contributed by atoms with Gasteiger partial charge in [-0.3, -0.25) is 0 Å². The molecule has 0 saturated carbocycles. The van der Waals surface area contributed by atoms with E-state index in [1.807, 2.05) is 0 Å². The highest BCUT2D eigenvalue weighted by atomic mass is 19.4. The molecule has 1 aliphatic rings. The highest BCUT2D eigenvalue weighted by Crippen LogP contribution is 2.29. The van der Waals surface area contributed by atoms with Gasteiger partial charge in [0.15, 0.2) is 5.82 Å². The van der Waals surface area contributed by atoms with Crippen LogP contribution in [-0.2, 0) is 11.3 Å². The number of benzene rings is 2. The van der Waals surface area contributed by atoms with Gasteiger partial charge in [-0.05, 0) is 54.1 Å². The van der Waals surface area contributed by atoms with Gasteiger partial charge < -0.3 is 25.8 Å². The molecule has 2 heterocycles. The SMILES string of the molecule is O=C1NCC(/C=C/C(O)Nc2cc(-c3cc(F)cc(COCC(F)(F)F)c3)n(-c3ccc(F)cc3)n2)N1. The van der Waals surface area contributed by atoms with E-state index in [-0.39, 0.29) is 29.0 Å². The number of hydrogen-bond acceptors (Lipinski definition) is 5. The summed E-state index contributed by atoms with van der Waals surface area (Å²) >= 11 is 0. The van der Waals surface area contributed by atoms with Crippen molar-refractivity contribution in [1.29, 1.82) is 0 Å². The fourth-order valence-corrected chi connectivity index (χ4v) is 3.63. The molecule has 2 amide bonds. The topological polar surface area (TPSA) is 100 Å². The van der Waals surface area contributed by atoms with Crippen molar-refractivity contribution in [1.82, 2.24) is 20.4 Å². The number of aliphatic hydroxyl groups excluding tert-OH is 1. The van der Waals surface area contributed by atoms with Gasteiger partial charge in [0.05, 0.1) is 24.0 Å². The second kappa shape index (κ2) is 11.0. The number of rotatable bonds is 9. The van der Waals surface area contributed by atoms with E-state index in [1.165, 1.54) is 53.2 Å². The lowest BCUT2D eigenvalue weighted by atomic mass is 10.1. The molecule has 8 nitrogen and oxygen atoms in total. The number of urea groups is 1. The van der Waals surface area contributed by atoms with Gasteiger partial charge in [0.1, 0.15) is 24.5 Å². The summed E-state index contributed by atoms with van der Waals surface area (Å²) < 4.78 is 71.2. The highest BCUT2D eigenvalue weighted by molar-refractivity contribution is 5.77. The number of hydrogen-bond donors (Lipinski definition) is 4. The molecule has 13 heteroatoms. The van der Waals surface area contributed by atoms with Crippen LogP contribution in [0.25, 0.3) is 16.9 Å². The zero-order valence-corrected chi connectivity index (χ0v) is 19.1. The van der Waals surface area contributed by atoms with Crippen LogP contribution >= 0.6 is 0 Å². The van der Waals surface area contributed by atoms with Gasteiger partial charge in [-0.2, -0.15) is 13.2 Å². The first-order chi connectivity index (χ1) is 17.6. The van der Waals surface area contributed by atoms with Crippen molar-refractivity contribution in [3.05, 3.63) is 77.9 Å². The number of aromatic nitrogens is 2. The van der Waals surface area contributed by atoms with E-state index in [9.17, 15) is 31.9 Å². The van der Waals surface area contributed by atoms with Gasteiger partial charge in [0.25, 0.3) is 0 Å². The standard InChI is InChI=1S/C24H22F5N5O3/c25-16-1-4-19(5-2-16)34-20(15-7-14(8-17(26)9-15)12-37-13-24(27,28)29)10-21(33-34)32-22(35)6-3-18-11-30-23(36)31-18/h1-10,18,22,35H,11-13H2,(H,32,33)(H2,30,31,36)/b6-3+. The molecule has 3 aromatic rings. The van der Waals surface area contributed by atoms with Crippen LogP contribution < -0.4 is 16.0 Å². The van der Waals surface area contributed by atoms with Crippen LogP contribution in [0.2, 0.25) is 0 Å². The van der Waals surface area contributed by atoms with E-state index in [0.717, 1.165) is 6.07 Å². The Hall–Kier alpha value is -3.97. The summed E-state index contributed by atoms with van der Waals surface area (Å²) in [7, 11) is 0. The minimum atomic E-state index is -4.52. The summed E-state index contributed by atoms with van der Waals surface area (Å²) in [4.78, 5) is 11.2. The summed E-state index contributed by atoms with van der Waals surface area (Å²) in [5.41, 5.74) is 1.15. The lowest BCUT2D eigenvalue weighted by molar-refractivity contribution is -0.176. The maximum Gasteiger partial charge on any atom is 0.411 e. The van der Waals surface area contributed by atoms with Crippen molar-refractivity contribution in [3.63, 3.8) is 0 Å². The summed E-state index contributed by atoms with van der Waals surface area (Å²) in [6, 6.07) is 9.83. The molecule has 2 atom stereocenters. The Balaban J connectivity index is 1.61. The van der Waals surface area contributed by atoms with Crippen molar-refractivity contribution in [3.8, 4) is 16.9 Å². The molecule has 196 valence electrons. The lowest BCUT2D eigenvalue weighted by Gasteiger charge is -2.11. The van der Waals surface area contributed by atoms with Crippen LogP contribution in [0.3, 0.4) is 0 Å². The van der Waals surface area contributed by atoms with Crippen LogP contribution in [0.5, 0.6) is 0 Å². The molecular formula is C24H22F5N5O3. The van der Waals surface area contributed by atoms with E-state index in [1.54, 1.807) is 6.08 Å². The van der Waals surface area contributed by atoms with Crippen molar-refractivity contribution in [2.75, 3.05) is 18.5 Å². The smallest absolute Gasteiger partial charge is 0.370 e. The number of amides is 2. The number of anilines is 1. The highest BCUT2D eigenvalue weighted by Gasteiger charge is 2.27. The summed E-state index contributed by atoms with van der Waals surface area (Å²) in [5, 5.41) is 22.7. The molecule has 0 radical (unpaired) electrons. The predicted molar refractivity (Wildman–Crippen MR) is 124 cm³/mol. The zero-order chi connectivity index (χ0) is 26.6. The fourth-order valence-electron chi connectivity index (χ4n) is 3.63. The molecule has 1 fully saturated rings. The number of carbonyl (C=O) groups is 1. The normalized spacial score (nSPS) is 16.6. The molecule has 1 aliphatic heterocycles. The lowest BCUT2D eigenvalue weighted by Crippen LogP contribution is -2.25. The van der Waals surface area contributed by atoms with E-state index in [0.29, 0.717) is 17.9 Å². The first kappa shape index (κ1) is 26.1. The third-order valence-corrected chi connectivity index (χ3v) is 5.19. The van der Waals surface area contributed by atoms with E-state index >= 15 is 0 Å².